The monoisotopic (exact) mass is 186 g/mol. The lowest BCUT2D eigenvalue weighted by Gasteiger charge is -2.00. The third-order valence-electron chi connectivity index (χ3n) is 1.27. The van der Waals surface area contributed by atoms with Crippen molar-refractivity contribution in [1.29, 1.82) is 0 Å². The average molecular weight is 186 g/mol. The van der Waals surface area contributed by atoms with Crippen LogP contribution in [-0.2, 0) is 9.53 Å². The Morgan fingerprint density at radius 3 is 3.08 bits per heavy atom. The predicted molar refractivity (Wildman–Crippen MR) is 47.4 cm³/mol. The molecular formula is C7H10N2O2S. The van der Waals surface area contributed by atoms with Gasteiger partial charge >= 0.3 is 0 Å². The van der Waals surface area contributed by atoms with Gasteiger partial charge in [-0.15, -0.1) is 11.3 Å². The van der Waals surface area contributed by atoms with E-state index >= 15 is 0 Å². The molecule has 0 saturated heterocycles. The highest BCUT2D eigenvalue weighted by molar-refractivity contribution is 7.14. The highest BCUT2D eigenvalue weighted by Crippen LogP contribution is 2.18. The van der Waals surface area contributed by atoms with Gasteiger partial charge in [0.15, 0.2) is 0 Å². The molecule has 0 radical (unpaired) electrons. The average Bonchev–Trinajstić information content (AvgIpc) is 2.37. The SMILES string of the molecule is COCC(=O)Nc1scnc1C. The predicted octanol–water partition coefficient (Wildman–Crippen LogP) is 1.04. The van der Waals surface area contributed by atoms with Crippen molar-refractivity contribution >= 4 is 22.2 Å². The Hall–Kier alpha value is -0.940. The highest BCUT2D eigenvalue weighted by Gasteiger charge is 2.05. The summed E-state index contributed by atoms with van der Waals surface area (Å²) >= 11 is 1.41. The molecule has 0 atom stereocenters. The molecule has 1 aromatic rings. The van der Waals surface area contributed by atoms with Crippen molar-refractivity contribution in [3.05, 3.63) is 11.2 Å². The van der Waals surface area contributed by atoms with Crippen LogP contribution in [0.4, 0.5) is 5.00 Å². The first-order valence-electron chi connectivity index (χ1n) is 3.43. The molecule has 1 aromatic heterocycles. The number of hydrogen-bond acceptors (Lipinski definition) is 4. The summed E-state index contributed by atoms with van der Waals surface area (Å²) < 4.78 is 4.66. The quantitative estimate of drug-likeness (QED) is 0.767. The molecule has 66 valence electrons. The van der Waals surface area contributed by atoms with Gasteiger partial charge in [0.1, 0.15) is 11.6 Å². The van der Waals surface area contributed by atoms with Crippen LogP contribution in [0.5, 0.6) is 0 Å². The van der Waals surface area contributed by atoms with Gasteiger partial charge in [-0.05, 0) is 6.92 Å². The summed E-state index contributed by atoms with van der Waals surface area (Å²) in [5.74, 6) is -0.148. The normalized spacial score (nSPS) is 9.83. The molecule has 0 aromatic carbocycles. The number of carbonyl (C=O) groups is 1. The molecule has 12 heavy (non-hydrogen) atoms. The molecule has 0 aliphatic heterocycles. The van der Waals surface area contributed by atoms with Gasteiger partial charge in [-0.1, -0.05) is 0 Å². The largest absolute Gasteiger partial charge is 0.375 e. The Morgan fingerprint density at radius 2 is 2.58 bits per heavy atom. The van der Waals surface area contributed by atoms with Gasteiger partial charge in [-0.2, -0.15) is 0 Å². The summed E-state index contributed by atoms with van der Waals surface area (Å²) in [6.07, 6.45) is 0. The minimum Gasteiger partial charge on any atom is -0.375 e. The van der Waals surface area contributed by atoms with Gasteiger partial charge in [-0.3, -0.25) is 4.79 Å². The summed E-state index contributed by atoms with van der Waals surface area (Å²) in [7, 11) is 1.49. The highest BCUT2D eigenvalue weighted by atomic mass is 32.1. The number of amides is 1. The molecular weight excluding hydrogens is 176 g/mol. The van der Waals surface area contributed by atoms with Gasteiger partial charge in [0.05, 0.1) is 11.2 Å². The Kier molecular flexibility index (Phi) is 3.19. The fourth-order valence-electron chi connectivity index (χ4n) is 0.716. The molecule has 5 heteroatoms. The van der Waals surface area contributed by atoms with Crippen LogP contribution < -0.4 is 5.32 Å². The van der Waals surface area contributed by atoms with Gasteiger partial charge in [-0.25, -0.2) is 4.98 Å². The number of aryl methyl sites for hydroxylation is 1. The fraction of sp³-hybridized carbons (Fsp3) is 0.429. The lowest BCUT2D eigenvalue weighted by atomic mass is 10.5. The summed E-state index contributed by atoms with van der Waals surface area (Å²) in [6.45, 7) is 1.93. The molecule has 0 saturated carbocycles. The molecule has 1 heterocycles. The molecule has 4 nitrogen and oxygen atoms in total. The second kappa shape index (κ2) is 4.18. The summed E-state index contributed by atoms with van der Waals surface area (Å²) in [5, 5.41) is 3.47. The van der Waals surface area contributed by atoms with Gasteiger partial charge < -0.3 is 10.1 Å². The number of ether oxygens (including phenoxy) is 1. The number of hydrogen-bond donors (Lipinski definition) is 1. The lowest BCUT2D eigenvalue weighted by Crippen LogP contribution is -2.16. The summed E-state index contributed by atoms with van der Waals surface area (Å²) in [4.78, 5) is 15.0. The maximum atomic E-state index is 11.0. The Bertz CT molecular complexity index is 272. The Morgan fingerprint density at radius 1 is 1.83 bits per heavy atom. The van der Waals surface area contributed by atoms with Crippen LogP contribution in [-0.4, -0.2) is 24.6 Å². The second-order valence-corrected chi connectivity index (χ2v) is 3.10. The van der Waals surface area contributed by atoms with E-state index in [-0.39, 0.29) is 12.5 Å². The Balaban J connectivity index is 2.52. The van der Waals surface area contributed by atoms with Crippen molar-refractivity contribution in [3.8, 4) is 0 Å². The number of aromatic nitrogens is 1. The molecule has 0 aliphatic carbocycles. The van der Waals surface area contributed by atoms with Crippen LogP contribution in [0, 0.1) is 6.92 Å². The van der Waals surface area contributed by atoms with Crippen molar-refractivity contribution in [3.63, 3.8) is 0 Å². The van der Waals surface area contributed by atoms with E-state index in [2.05, 4.69) is 15.0 Å². The minimum atomic E-state index is -0.148. The van der Waals surface area contributed by atoms with Gasteiger partial charge in [0.25, 0.3) is 5.91 Å². The number of rotatable bonds is 3. The third-order valence-corrected chi connectivity index (χ3v) is 2.12. The molecule has 1 rings (SSSR count). The zero-order valence-electron chi connectivity index (χ0n) is 6.96. The fourth-order valence-corrected chi connectivity index (χ4v) is 1.43. The van der Waals surface area contributed by atoms with Crippen molar-refractivity contribution < 1.29 is 9.53 Å². The number of carbonyl (C=O) groups excluding carboxylic acids is 1. The lowest BCUT2D eigenvalue weighted by molar-refractivity contribution is -0.119. The van der Waals surface area contributed by atoms with Crippen LogP contribution in [0.25, 0.3) is 0 Å². The number of nitrogens with zero attached hydrogens (tertiary/aromatic N) is 1. The van der Waals surface area contributed by atoms with Crippen molar-refractivity contribution in [2.75, 3.05) is 19.0 Å². The van der Waals surface area contributed by atoms with Crippen molar-refractivity contribution in [1.82, 2.24) is 4.98 Å². The first-order valence-corrected chi connectivity index (χ1v) is 4.31. The maximum absolute atomic E-state index is 11.0. The smallest absolute Gasteiger partial charge is 0.251 e. The molecule has 1 amide bonds. The van der Waals surface area contributed by atoms with Crippen LogP contribution in [0.15, 0.2) is 5.51 Å². The van der Waals surface area contributed by atoms with E-state index in [4.69, 9.17) is 0 Å². The first-order chi connectivity index (χ1) is 5.74. The number of anilines is 1. The minimum absolute atomic E-state index is 0.0807. The topological polar surface area (TPSA) is 51.2 Å². The molecule has 0 spiro atoms. The Labute approximate surface area is 74.6 Å². The van der Waals surface area contributed by atoms with E-state index in [1.54, 1.807) is 5.51 Å². The van der Waals surface area contributed by atoms with Crippen LogP contribution in [0.2, 0.25) is 0 Å². The number of nitrogens with one attached hydrogen (secondary N) is 1. The van der Waals surface area contributed by atoms with E-state index in [0.717, 1.165) is 10.7 Å². The molecule has 0 unspecified atom stereocenters. The van der Waals surface area contributed by atoms with E-state index < -0.39 is 0 Å². The van der Waals surface area contributed by atoms with Crippen molar-refractivity contribution in [2.24, 2.45) is 0 Å². The van der Waals surface area contributed by atoms with E-state index in [9.17, 15) is 4.79 Å². The standard InChI is InChI=1S/C7H10N2O2S/c1-5-7(12-4-8-5)9-6(10)3-11-2/h4H,3H2,1-2H3,(H,9,10). The summed E-state index contributed by atoms with van der Waals surface area (Å²) in [5.41, 5.74) is 2.53. The first kappa shape index (κ1) is 9.15. The zero-order chi connectivity index (χ0) is 8.97. The van der Waals surface area contributed by atoms with E-state index in [0.29, 0.717) is 0 Å². The zero-order valence-corrected chi connectivity index (χ0v) is 7.77. The molecule has 0 bridgehead atoms. The molecule has 0 fully saturated rings. The number of methoxy groups -OCH3 is 1. The van der Waals surface area contributed by atoms with Crippen LogP contribution in [0.3, 0.4) is 0 Å². The second-order valence-electron chi connectivity index (χ2n) is 2.25. The van der Waals surface area contributed by atoms with Gasteiger partial charge in [0, 0.05) is 7.11 Å². The van der Waals surface area contributed by atoms with Crippen LogP contribution >= 0.6 is 11.3 Å². The van der Waals surface area contributed by atoms with Crippen LogP contribution in [0.1, 0.15) is 5.69 Å². The number of thiazole rings is 1. The van der Waals surface area contributed by atoms with Gasteiger partial charge in [0.2, 0.25) is 0 Å². The maximum Gasteiger partial charge on any atom is 0.251 e. The molecule has 0 aliphatic rings. The summed E-state index contributed by atoms with van der Waals surface area (Å²) in [6, 6.07) is 0. The van der Waals surface area contributed by atoms with E-state index in [1.165, 1.54) is 18.4 Å². The van der Waals surface area contributed by atoms with E-state index in [1.807, 2.05) is 6.92 Å². The molecule has 1 N–H and O–H groups in total. The van der Waals surface area contributed by atoms with Crippen molar-refractivity contribution in [2.45, 2.75) is 6.92 Å². The third kappa shape index (κ3) is 2.28.